The molecule has 0 bridgehead atoms. The molecule has 0 aromatic heterocycles. The monoisotopic (exact) mass is 288 g/mol. The number of carbonyl (C=O) groups excluding carboxylic acids is 2. The maximum absolute atomic E-state index is 11.8. The third-order valence-corrected chi connectivity index (χ3v) is 4.15. The van der Waals surface area contributed by atoms with E-state index >= 15 is 0 Å². The van der Waals surface area contributed by atoms with Crippen LogP contribution in [0.15, 0.2) is 0 Å². The zero-order chi connectivity index (χ0) is 14.4. The Morgan fingerprint density at radius 2 is 2.05 bits per heavy atom. The van der Waals surface area contributed by atoms with Crippen molar-refractivity contribution >= 4 is 29.5 Å². The van der Waals surface area contributed by atoms with E-state index in [9.17, 15) is 14.4 Å². The van der Waals surface area contributed by atoms with E-state index in [4.69, 9.17) is 5.11 Å². The normalized spacial score (nSPS) is 15.7. The highest BCUT2D eigenvalue weighted by molar-refractivity contribution is 8.01. The van der Waals surface area contributed by atoms with Crippen molar-refractivity contribution in [2.24, 2.45) is 0 Å². The highest BCUT2D eigenvalue weighted by atomic mass is 32.2. The molecule has 1 aliphatic carbocycles. The molecule has 0 aliphatic heterocycles. The summed E-state index contributed by atoms with van der Waals surface area (Å²) >= 11 is 1.10. The molecule has 2 amide bonds. The van der Waals surface area contributed by atoms with Crippen LogP contribution < -0.4 is 5.32 Å². The number of carboxylic acids is 1. The van der Waals surface area contributed by atoms with E-state index in [1.165, 1.54) is 4.90 Å². The van der Waals surface area contributed by atoms with Crippen LogP contribution in [0.25, 0.3) is 0 Å². The average molecular weight is 288 g/mol. The van der Waals surface area contributed by atoms with E-state index < -0.39 is 11.2 Å². The van der Waals surface area contributed by atoms with Crippen LogP contribution in [0.3, 0.4) is 0 Å². The summed E-state index contributed by atoms with van der Waals surface area (Å²) in [6.07, 6.45) is 2.49. The molecule has 1 unspecified atom stereocenters. The van der Waals surface area contributed by atoms with Gasteiger partial charge in [0.25, 0.3) is 0 Å². The first-order valence-electron chi connectivity index (χ1n) is 6.31. The van der Waals surface area contributed by atoms with Crippen LogP contribution in [-0.2, 0) is 14.4 Å². The predicted molar refractivity (Wildman–Crippen MR) is 73.0 cm³/mol. The largest absolute Gasteiger partial charge is 0.480 e. The molecule has 0 heterocycles. The second-order valence-corrected chi connectivity index (χ2v) is 5.83. The zero-order valence-corrected chi connectivity index (χ0v) is 12.0. The Bertz CT molecular complexity index is 358. The van der Waals surface area contributed by atoms with Gasteiger partial charge in [-0.15, -0.1) is 11.8 Å². The minimum Gasteiger partial charge on any atom is -0.480 e. The highest BCUT2D eigenvalue weighted by Gasteiger charge is 2.24. The van der Waals surface area contributed by atoms with Crippen molar-refractivity contribution in [3.63, 3.8) is 0 Å². The van der Waals surface area contributed by atoms with E-state index in [2.05, 4.69) is 5.32 Å². The van der Waals surface area contributed by atoms with Gasteiger partial charge in [0.2, 0.25) is 11.8 Å². The number of rotatable bonds is 8. The third kappa shape index (κ3) is 5.96. The van der Waals surface area contributed by atoms with Crippen molar-refractivity contribution < 1.29 is 19.5 Å². The lowest BCUT2D eigenvalue weighted by Gasteiger charge is -2.17. The molecule has 7 heteroatoms. The summed E-state index contributed by atoms with van der Waals surface area (Å²) in [7, 11) is 1.55. The highest BCUT2D eigenvalue weighted by Crippen LogP contribution is 2.18. The summed E-state index contributed by atoms with van der Waals surface area (Å²) in [5.41, 5.74) is 0. The number of carbonyl (C=O) groups is 3. The fourth-order valence-electron chi connectivity index (χ4n) is 1.45. The van der Waals surface area contributed by atoms with Gasteiger partial charge in [0, 0.05) is 13.1 Å². The molecule has 2 N–H and O–H groups in total. The molecule has 0 aromatic rings. The van der Waals surface area contributed by atoms with Gasteiger partial charge in [0.15, 0.2) is 0 Å². The number of hydrogen-bond donors (Lipinski definition) is 2. The molecule has 1 fully saturated rings. The Balaban J connectivity index is 2.26. The lowest BCUT2D eigenvalue weighted by Crippen LogP contribution is -2.40. The summed E-state index contributed by atoms with van der Waals surface area (Å²) in [6, 6.07) is 0.279. The van der Waals surface area contributed by atoms with Crippen LogP contribution in [0.2, 0.25) is 0 Å². The zero-order valence-electron chi connectivity index (χ0n) is 11.2. The fourth-order valence-corrected chi connectivity index (χ4v) is 2.39. The van der Waals surface area contributed by atoms with Gasteiger partial charge < -0.3 is 15.3 Å². The molecule has 108 valence electrons. The van der Waals surface area contributed by atoms with Gasteiger partial charge >= 0.3 is 5.97 Å². The van der Waals surface area contributed by atoms with E-state index in [-0.39, 0.29) is 30.2 Å². The van der Waals surface area contributed by atoms with Crippen LogP contribution in [0.5, 0.6) is 0 Å². The molecule has 1 aliphatic rings. The van der Waals surface area contributed by atoms with Crippen molar-refractivity contribution in [2.45, 2.75) is 37.5 Å². The standard InChI is InChI=1S/C12H20N2O4S/c1-3-9(12(17)18)19-7-11(16)14(2)6-10(15)13-8-4-5-8/h8-9H,3-7H2,1-2H3,(H,13,15)(H,17,18). The Morgan fingerprint density at radius 1 is 1.42 bits per heavy atom. The minimum absolute atomic E-state index is 0.0275. The molecule has 6 nitrogen and oxygen atoms in total. The maximum atomic E-state index is 11.8. The second kappa shape index (κ2) is 7.37. The smallest absolute Gasteiger partial charge is 0.316 e. The summed E-state index contributed by atoms with van der Waals surface area (Å²) in [4.78, 5) is 35.4. The average Bonchev–Trinajstić information content (AvgIpc) is 3.12. The van der Waals surface area contributed by atoms with Crippen molar-refractivity contribution in [1.29, 1.82) is 0 Å². The van der Waals surface area contributed by atoms with Gasteiger partial charge in [-0.25, -0.2) is 0 Å². The first-order valence-corrected chi connectivity index (χ1v) is 7.36. The van der Waals surface area contributed by atoms with Crippen molar-refractivity contribution in [2.75, 3.05) is 19.3 Å². The van der Waals surface area contributed by atoms with Crippen molar-refractivity contribution in [1.82, 2.24) is 10.2 Å². The van der Waals surface area contributed by atoms with Crippen LogP contribution in [0.1, 0.15) is 26.2 Å². The first-order chi connectivity index (χ1) is 8.93. The van der Waals surface area contributed by atoms with E-state index in [0.29, 0.717) is 6.42 Å². The summed E-state index contributed by atoms with van der Waals surface area (Å²) in [5.74, 6) is -1.21. The van der Waals surface area contributed by atoms with Gasteiger partial charge in [-0.2, -0.15) is 0 Å². The maximum Gasteiger partial charge on any atom is 0.316 e. The summed E-state index contributed by atoms with van der Waals surface area (Å²) in [5, 5.41) is 11.1. The molecule has 0 radical (unpaired) electrons. The molecule has 1 atom stereocenters. The number of aliphatic carboxylic acids is 1. The van der Waals surface area contributed by atoms with Gasteiger partial charge in [-0.3, -0.25) is 14.4 Å². The van der Waals surface area contributed by atoms with Crippen LogP contribution in [-0.4, -0.2) is 58.4 Å². The minimum atomic E-state index is -0.908. The molecule has 19 heavy (non-hydrogen) atoms. The molecular weight excluding hydrogens is 268 g/mol. The van der Waals surface area contributed by atoms with Gasteiger partial charge in [-0.1, -0.05) is 6.92 Å². The number of likely N-dealkylation sites (N-methyl/N-ethyl adjacent to an activating group) is 1. The lowest BCUT2D eigenvalue weighted by atomic mass is 10.3. The van der Waals surface area contributed by atoms with Gasteiger partial charge in [0.05, 0.1) is 12.3 Å². The van der Waals surface area contributed by atoms with Gasteiger partial charge in [-0.05, 0) is 19.3 Å². The first kappa shape index (κ1) is 15.8. The van der Waals surface area contributed by atoms with Gasteiger partial charge in [0.1, 0.15) is 5.25 Å². The Hall–Kier alpha value is -1.24. The number of nitrogens with zero attached hydrogens (tertiary/aromatic N) is 1. The SMILES string of the molecule is CCC(SCC(=O)N(C)CC(=O)NC1CC1)C(=O)O. The van der Waals surface area contributed by atoms with Crippen LogP contribution in [0, 0.1) is 0 Å². The number of nitrogens with one attached hydrogen (secondary N) is 1. The van der Waals surface area contributed by atoms with Crippen LogP contribution in [0.4, 0.5) is 0 Å². The Kier molecular flexibility index (Phi) is 6.14. The quantitative estimate of drug-likeness (QED) is 0.672. The number of amides is 2. The Labute approximate surface area is 116 Å². The topological polar surface area (TPSA) is 86.7 Å². The summed E-state index contributed by atoms with van der Waals surface area (Å²) < 4.78 is 0. The Morgan fingerprint density at radius 3 is 2.53 bits per heavy atom. The summed E-state index contributed by atoms with van der Waals surface area (Å²) in [6.45, 7) is 1.79. The molecular formula is C12H20N2O4S. The lowest BCUT2D eigenvalue weighted by molar-refractivity contribution is -0.136. The van der Waals surface area contributed by atoms with Crippen molar-refractivity contribution in [3.05, 3.63) is 0 Å². The van der Waals surface area contributed by atoms with E-state index in [0.717, 1.165) is 24.6 Å². The van der Waals surface area contributed by atoms with E-state index in [1.54, 1.807) is 14.0 Å². The van der Waals surface area contributed by atoms with Crippen molar-refractivity contribution in [3.8, 4) is 0 Å². The molecule has 0 aromatic carbocycles. The predicted octanol–water partition coefficient (Wildman–Crippen LogP) is 0.320. The second-order valence-electron chi connectivity index (χ2n) is 4.64. The molecule has 0 spiro atoms. The third-order valence-electron chi connectivity index (χ3n) is 2.80. The number of thioether (sulfide) groups is 1. The molecule has 0 saturated heterocycles. The molecule has 1 saturated carbocycles. The molecule has 1 rings (SSSR count). The number of carboxylic acid groups (broad SMARTS) is 1. The fraction of sp³-hybridized carbons (Fsp3) is 0.750. The van der Waals surface area contributed by atoms with Crippen LogP contribution >= 0.6 is 11.8 Å². The van der Waals surface area contributed by atoms with E-state index in [1.807, 2.05) is 0 Å². The number of hydrogen-bond acceptors (Lipinski definition) is 4.